The lowest BCUT2D eigenvalue weighted by Crippen LogP contribution is -2.50. The van der Waals surface area contributed by atoms with E-state index in [4.69, 9.17) is 0 Å². The minimum Gasteiger partial charge on any atom is -0.393 e. The zero-order valence-corrected chi connectivity index (χ0v) is 11.1. The molecule has 1 N–H and O–H groups in total. The second-order valence-electron chi connectivity index (χ2n) is 5.87. The van der Waals surface area contributed by atoms with E-state index in [2.05, 4.69) is 49.9 Å². The Bertz CT molecular complexity index is 369. The van der Waals surface area contributed by atoms with Crippen molar-refractivity contribution < 1.29 is 5.11 Å². The van der Waals surface area contributed by atoms with E-state index in [0.717, 1.165) is 25.9 Å². The fraction of sp³-hybridized carbons (Fsp3) is 0.600. The maximum absolute atomic E-state index is 9.74. The fourth-order valence-electron chi connectivity index (χ4n) is 2.62. The van der Waals surface area contributed by atoms with E-state index in [1.54, 1.807) is 0 Å². The summed E-state index contributed by atoms with van der Waals surface area (Å²) in [7, 11) is 0. The number of piperidine rings is 1. The summed E-state index contributed by atoms with van der Waals surface area (Å²) >= 11 is 0. The van der Waals surface area contributed by atoms with Crippen LogP contribution in [0.4, 0.5) is 0 Å². The normalized spacial score (nSPS) is 24.8. The first kappa shape index (κ1) is 12.6. The van der Waals surface area contributed by atoms with Crippen LogP contribution < -0.4 is 0 Å². The van der Waals surface area contributed by atoms with Gasteiger partial charge in [-0.1, -0.05) is 29.8 Å². The number of likely N-dealkylation sites (tertiary alicyclic amines) is 1. The molecular formula is C15H23NO. The lowest BCUT2D eigenvalue weighted by Gasteiger charge is -2.44. The predicted octanol–water partition coefficient (Wildman–Crippen LogP) is 2.73. The molecule has 1 fully saturated rings. The number of aliphatic hydroxyl groups is 1. The summed E-state index contributed by atoms with van der Waals surface area (Å²) in [5.74, 6) is 0. The Balaban J connectivity index is 2.05. The number of hydrogen-bond donors (Lipinski definition) is 1. The molecule has 1 aliphatic rings. The highest BCUT2D eigenvalue weighted by Gasteiger charge is 2.33. The molecule has 0 aliphatic carbocycles. The van der Waals surface area contributed by atoms with Crippen molar-refractivity contribution in [2.75, 3.05) is 6.54 Å². The molecule has 1 saturated heterocycles. The summed E-state index contributed by atoms with van der Waals surface area (Å²) in [6.45, 7) is 8.54. The van der Waals surface area contributed by atoms with Crippen LogP contribution in [0.25, 0.3) is 0 Å². The maximum atomic E-state index is 9.74. The Morgan fingerprint density at radius 3 is 2.53 bits per heavy atom. The topological polar surface area (TPSA) is 23.5 Å². The minimum absolute atomic E-state index is 0.0998. The first-order valence-corrected chi connectivity index (χ1v) is 6.46. The van der Waals surface area contributed by atoms with Crippen LogP contribution in [0, 0.1) is 6.92 Å². The number of hydrogen-bond acceptors (Lipinski definition) is 2. The Morgan fingerprint density at radius 1 is 1.29 bits per heavy atom. The molecule has 0 aromatic heterocycles. The molecule has 2 nitrogen and oxygen atoms in total. The predicted molar refractivity (Wildman–Crippen MR) is 70.9 cm³/mol. The van der Waals surface area contributed by atoms with Crippen LogP contribution in [0.3, 0.4) is 0 Å². The molecule has 1 aliphatic heterocycles. The second kappa shape index (κ2) is 4.79. The third-order valence-electron chi connectivity index (χ3n) is 3.82. The number of aliphatic hydroxyl groups excluding tert-OH is 1. The van der Waals surface area contributed by atoms with E-state index in [9.17, 15) is 5.11 Å². The van der Waals surface area contributed by atoms with Gasteiger partial charge in [-0.3, -0.25) is 4.90 Å². The van der Waals surface area contributed by atoms with Crippen LogP contribution in [0.15, 0.2) is 24.3 Å². The van der Waals surface area contributed by atoms with Crippen LogP contribution in [-0.4, -0.2) is 28.2 Å². The van der Waals surface area contributed by atoms with Crippen molar-refractivity contribution in [3.8, 4) is 0 Å². The Labute approximate surface area is 104 Å². The summed E-state index contributed by atoms with van der Waals surface area (Å²) in [6.07, 6.45) is 1.65. The molecule has 0 bridgehead atoms. The molecule has 17 heavy (non-hydrogen) atoms. The van der Waals surface area contributed by atoms with Gasteiger partial charge < -0.3 is 5.11 Å². The molecule has 0 radical (unpaired) electrons. The smallest absolute Gasteiger partial charge is 0.0569 e. The van der Waals surface area contributed by atoms with E-state index >= 15 is 0 Å². The van der Waals surface area contributed by atoms with Gasteiger partial charge in [-0.2, -0.15) is 0 Å². The van der Waals surface area contributed by atoms with E-state index in [1.165, 1.54) is 11.1 Å². The van der Waals surface area contributed by atoms with Gasteiger partial charge in [0.2, 0.25) is 0 Å². The molecule has 94 valence electrons. The molecule has 0 spiro atoms. The van der Waals surface area contributed by atoms with Gasteiger partial charge in [0.05, 0.1) is 6.10 Å². The molecule has 2 heteroatoms. The molecule has 1 unspecified atom stereocenters. The first-order chi connectivity index (χ1) is 7.97. The number of benzene rings is 1. The lowest BCUT2D eigenvalue weighted by molar-refractivity contribution is -0.00717. The van der Waals surface area contributed by atoms with Gasteiger partial charge in [0, 0.05) is 18.6 Å². The highest BCUT2D eigenvalue weighted by molar-refractivity contribution is 5.21. The third-order valence-corrected chi connectivity index (χ3v) is 3.82. The van der Waals surface area contributed by atoms with E-state index in [0.29, 0.717) is 0 Å². The molecule has 1 aromatic carbocycles. The molecule has 0 saturated carbocycles. The molecule has 2 rings (SSSR count). The number of aryl methyl sites for hydroxylation is 1. The van der Waals surface area contributed by atoms with Crippen LogP contribution in [0.1, 0.15) is 37.8 Å². The minimum atomic E-state index is -0.126. The van der Waals surface area contributed by atoms with E-state index < -0.39 is 0 Å². The second-order valence-corrected chi connectivity index (χ2v) is 5.87. The lowest BCUT2D eigenvalue weighted by atomic mass is 9.88. The molecule has 1 atom stereocenters. The summed E-state index contributed by atoms with van der Waals surface area (Å²) in [5, 5.41) is 9.74. The van der Waals surface area contributed by atoms with Crippen LogP contribution in [0.5, 0.6) is 0 Å². The van der Waals surface area contributed by atoms with Crippen molar-refractivity contribution in [2.45, 2.75) is 51.8 Å². The van der Waals surface area contributed by atoms with Crippen molar-refractivity contribution in [2.24, 2.45) is 0 Å². The van der Waals surface area contributed by atoms with Crippen LogP contribution in [-0.2, 0) is 6.54 Å². The van der Waals surface area contributed by atoms with Gasteiger partial charge in [0.25, 0.3) is 0 Å². The van der Waals surface area contributed by atoms with Crippen LogP contribution in [0.2, 0.25) is 0 Å². The van der Waals surface area contributed by atoms with Crippen molar-refractivity contribution >= 4 is 0 Å². The number of nitrogens with zero attached hydrogens (tertiary/aromatic N) is 1. The van der Waals surface area contributed by atoms with Gasteiger partial charge in [-0.25, -0.2) is 0 Å². The van der Waals surface area contributed by atoms with Gasteiger partial charge >= 0.3 is 0 Å². The van der Waals surface area contributed by atoms with Crippen molar-refractivity contribution in [1.82, 2.24) is 4.90 Å². The summed E-state index contributed by atoms with van der Waals surface area (Å²) in [5.41, 5.74) is 2.77. The monoisotopic (exact) mass is 233 g/mol. The average Bonchev–Trinajstić information content (AvgIpc) is 2.24. The standard InChI is InChI=1S/C15H23NO/c1-12-4-6-13(7-5-12)11-16-9-8-14(17)10-15(16,2)3/h4-7,14,17H,8-11H2,1-3H3. The Kier molecular flexibility index (Phi) is 3.55. The van der Waals surface area contributed by atoms with Crippen molar-refractivity contribution in [3.63, 3.8) is 0 Å². The van der Waals surface area contributed by atoms with Crippen molar-refractivity contribution in [1.29, 1.82) is 0 Å². The molecule has 0 amide bonds. The molecule has 1 heterocycles. The molecular weight excluding hydrogens is 210 g/mol. The summed E-state index contributed by atoms with van der Waals surface area (Å²) < 4.78 is 0. The van der Waals surface area contributed by atoms with E-state index in [-0.39, 0.29) is 11.6 Å². The zero-order valence-electron chi connectivity index (χ0n) is 11.1. The first-order valence-electron chi connectivity index (χ1n) is 6.46. The van der Waals surface area contributed by atoms with Gasteiger partial charge in [-0.05, 0) is 39.2 Å². The highest BCUT2D eigenvalue weighted by Crippen LogP contribution is 2.29. The SMILES string of the molecule is Cc1ccc(CN2CCC(O)CC2(C)C)cc1. The Morgan fingerprint density at radius 2 is 1.94 bits per heavy atom. The highest BCUT2D eigenvalue weighted by atomic mass is 16.3. The maximum Gasteiger partial charge on any atom is 0.0569 e. The largest absolute Gasteiger partial charge is 0.393 e. The Hall–Kier alpha value is -0.860. The molecule has 1 aromatic rings. The van der Waals surface area contributed by atoms with Crippen molar-refractivity contribution in [3.05, 3.63) is 35.4 Å². The fourth-order valence-corrected chi connectivity index (χ4v) is 2.62. The summed E-state index contributed by atoms with van der Waals surface area (Å²) in [4.78, 5) is 2.48. The summed E-state index contributed by atoms with van der Waals surface area (Å²) in [6, 6.07) is 8.75. The van der Waals surface area contributed by atoms with E-state index in [1.807, 2.05) is 0 Å². The van der Waals surface area contributed by atoms with Gasteiger partial charge in [0.1, 0.15) is 0 Å². The quantitative estimate of drug-likeness (QED) is 0.849. The zero-order chi connectivity index (χ0) is 12.5. The van der Waals surface area contributed by atoms with Crippen LogP contribution >= 0.6 is 0 Å². The average molecular weight is 233 g/mol. The number of rotatable bonds is 2. The van der Waals surface area contributed by atoms with Gasteiger partial charge in [0.15, 0.2) is 0 Å². The third kappa shape index (κ3) is 3.08. The van der Waals surface area contributed by atoms with Gasteiger partial charge in [-0.15, -0.1) is 0 Å².